The Morgan fingerprint density at radius 2 is 0.743 bits per heavy atom. The molecule has 2 atom stereocenters. The van der Waals surface area contributed by atoms with Crippen molar-refractivity contribution in [1.29, 1.82) is 0 Å². The van der Waals surface area contributed by atoms with Crippen LogP contribution in [0, 0.1) is 5.92 Å². The van der Waals surface area contributed by atoms with E-state index in [-0.39, 0.29) is 11.8 Å². The molecule has 3 nitrogen and oxygen atoms in total. The zero-order valence-electron chi connectivity index (χ0n) is 39.1. The van der Waals surface area contributed by atoms with E-state index in [0.717, 1.165) is 39.8 Å². The fourth-order valence-corrected chi connectivity index (χ4v) is 10.4. The number of hydrogen-bond acceptors (Lipinski definition) is 2. The highest BCUT2D eigenvalue weighted by atomic mass is 15.2. The summed E-state index contributed by atoms with van der Waals surface area (Å²) in [6.07, 6.45) is 7.15. The Balaban J connectivity index is 0.890. The van der Waals surface area contributed by atoms with E-state index in [2.05, 4.69) is 300 Å². The Labute approximate surface area is 410 Å². The number of rotatable bonds is 11. The molecule has 1 aliphatic rings. The summed E-state index contributed by atoms with van der Waals surface area (Å²) < 4.78 is 2.40. The minimum Gasteiger partial charge on any atom is -0.311 e. The molecule has 11 aromatic rings. The van der Waals surface area contributed by atoms with Gasteiger partial charge >= 0.3 is 0 Å². The first-order valence-corrected chi connectivity index (χ1v) is 24.3. The minimum absolute atomic E-state index is 0.206. The lowest BCUT2D eigenvalue weighted by molar-refractivity contribution is 0.628. The fourth-order valence-electron chi connectivity index (χ4n) is 10.4. The third-order valence-corrected chi connectivity index (χ3v) is 13.9. The van der Waals surface area contributed by atoms with Gasteiger partial charge in [0.25, 0.3) is 0 Å². The first-order valence-electron chi connectivity index (χ1n) is 24.3. The molecule has 1 aromatic heterocycles. The highest BCUT2D eigenvalue weighted by molar-refractivity contribution is 6.10. The molecule has 0 spiro atoms. The predicted molar refractivity (Wildman–Crippen MR) is 296 cm³/mol. The van der Waals surface area contributed by atoms with Crippen LogP contribution in [0.25, 0.3) is 60.9 Å². The second kappa shape index (κ2) is 18.6. The van der Waals surface area contributed by atoms with Gasteiger partial charge in [0.1, 0.15) is 0 Å². The van der Waals surface area contributed by atoms with Gasteiger partial charge in [0.2, 0.25) is 0 Å². The van der Waals surface area contributed by atoms with Gasteiger partial charge in [-0.1, -0.05) is 201 Å². The average molecular weight is 898 g/mol. The summed E-state index contributed by atoms with van der Waals surface area (Å²) in [6.45, 7) is 2.35. The van der Waals surface area contributed by atoms with Gasteiger partial charge in [0, 0.05) is 56.5 Å². The Bertz CT molecular complexity index is 3530. The maximum atomic E-state index is 2.44. The predicted octanol–water partition coefficient (Wildman–Crippen LogP) is 18.3. The molecule has 1 heterocycles. The van der Waals surface area contributed by atoms with Crippen molar-refractivity contribution in [3.05, 3.63) is 290 Å². The molecule has 2 unspecified atom stereocenters. The largest absolute Gasteiger partial charge is 0.311 e. The molecular weight excluding hydrogens is 847 g/mol. The Hall–Kier alpha value is -8.92. The summed E-state index contributed by atoms with van der Waals surface area (Å²) in [5.74, 6) is 0.446. The van der Waals surface area contributed by atoms with Crippen molar-refractivity contribution in [2.45, 2.75) is 12.8 Å². The van der Waals surface area contributed by atoms with Gasteiger partial charge in [0.05, 0.1) is 11.0 Å². The van der Waals surface area contributed by atoms with Crippen LogP contribution >= 0.6 is 0 Å². The number of fused-ring (bicyclic) bond motifs is 3. The number of anilines is 5. The van der Waals surface area contributed by atoms with Crippen molar-refractivity contribution in [3.63, 3.8) is 0 Å². The number of hydrogen-bond donors (Lipinski definition) is 0. The molecule has 12 rings (SSSR count). The number of benzene rings is 10. The van der Waals surface area contributed by atoms with E-state index in [1.165, 1.54) is 60.8 Å². The zero-order valence-corrected chi connectivity index (χ0v) is 39.1. The number of nitrogens with zero attached hydrogens (tertiary/aromatic N) is 3. The van der Waals surface area contributed by atoms with Crippen LogP contribution in [0.4, 0.5) is 28.4 Å². The summed E-state index contributed by atoms with van der Waals surface area (Å²) in [7, 11) is 0. The van der Waals surface area contributed by atoms with E-state index in [9.17, 15) is 0 Å². The maximum Gasteiger partial charge on any atom is 0.0561 e. The van der Waals surface area contributed by atoms with Gasteiger partial charge in [-0.2, -0.15) is 0 Å². The van der Waals surface area contributed by atoms with E-state index in [0.29, 0.717) is 0 Å². The first-order chi connectivity index (χ1) is 34.6. The zero-order chi connectivity index (χ0) is 46.8. The van der Waals surface area contributed by atoms with Crippen LogP contribution in [0.1, 0.15) is 18.4 Å². The molecule has 0 bridgehead atoms. The van der Waals surface area contributed by atoms with Crippen LogP contribution in [-0.4, -0.2) is 4.57 Å². The third kappa shape index (κ3) is 8.18. The quantitative estimate of drug-likeness (QED) is 0.128. The highest BCUT2D eigenvalue weighted by Crippen LogP contribution is 2.43. The van der Waals surface area contributed by atoms with Crippen LogP contribution in [0.2, 0.25) is 0 Å². The van der Waals surface area contributed by atoms with Crippen molar-refractivity contribution >= 4 is 50.2 Å². The van der Waals surface area contributed by atoms with Crippen LogP contribution in [0.15, 0.2) is 285 Å². The first kappa shape index (κ1) is 42.4. The van der Waals surface area contributed by atoms with Gasteiger partial charge < -0.3 is 14.4 Å². The summed E-state index contributed by atoms with van der Waals surface area (Å²) in [5, 5.41) is 2.48. The molecule has 70 heavy (non-hydrogen) atoms. The molecule has 1 aliphatic carbocycles. The SMILES string of the molecule is CC1C=C(N(c2ccc(-c3ccccc3)cc2)c2ccc(-c3ccccc3)cc2)C=CC1c1ccc(N(c2ccc(-c3ccccc3)cc2)c2ccc3c4ccccc4n(-c4ccccc4)c3c2)cc1. The van der Waals surface area contributed by atoms with Gasteiger partial charge in [-0.05, 0) is 130 Å². The van der Waals surface area contributed by atoms with Gasteiger partial charge in [0.15, 0.2) is 0 Å². The lowest BCUT2D eigenvalue weighted by Crippen LogP contribution is -2.20. The summed E-state index contributed by atoms with van der Waals surface area (Å²) in [4.78, 5) is 4.79. The molecule has 0 fully saturated rings. The standard InChI is InChI=1S/C67H51N3/c1-48-46-61(68(57-34-26-52(27-35-57)49-16-6-2-7-17-49)58-36-28-53(29-37-58)50-18-8-3-9-19-50)42-44-63(48)55-32-40-60(41-33-55)69(59-38-30-54(31-39-59)51-20-10-4-11-21-51)62-43-45-65-64-24-14-15-25-66(64)70(67(65)47-62)56-22-12-5-13-23-56/h2-48,63H,1H3. The average Bonchev–Trinajstić information content (AvgIpc) is 3.76. The van der Waals surface area contributed by atoms with E-state index in [1.807, 2.05) is 0 Å². The van der Waals surface area contributed by atoms with Gasteiger partial charge in [-0.25, -0.2) is 0 Å². The molecule has 10 aromatic carbocycles. The summed E-state index contributed by atoms with van der Waals surface area (Å²) in [6, 6.07) is 94.3. The van der Waals surface area contributed by atoms with Crippen molar-refractivity contribution < 1.29 is 0 Å². The van der Waals surface area contributed by atoms with Gasteiger partial charge in [-0.3, -0.25) is 0 Å². The summed E-state index contributed by atoms with van der Waals surface area (Å²) >= 11 is 0. The Kier molecular flexibility index (Phi) is 11.3. The monoisotopic (exact) mass is 897 g/mol. The minimum atomic E-state index is 0.206. The van der Waals surface area contributed by atoms with Crippen molar-refractivity contribution in [3.8, 4) is 39.1 Å². The molecular formula is C67H51N3. The normalized spacial score (nSPS) is 14.4. The van der Waals surface area contributed by atoms with Crippen molar-refractivity contribution in [2.24, 2.45) is 5.92 Å². The molecule has 0 saturated carbocycles. The van der Waals surface area contributed by atoms with Crippen molar-refractivity contribution in [1.82, 2.24) is 4.57 Å². The second-order valence-electron chi connectivity index (χ2n) is 18.2. The lowest BCUT2D eigenvalue weighted by Gasteiger charge is -2.32. The maximum absolute atomic E-state index is 2.44. The van der Waals surface area contributed by atoms with Crippen molar-refractivity contribution in [2.75, 3.05) is 9.80 Å². The van der Waals surface area contributed by atoms with E-state index in [1.54, 1.807) is 0 Å². The number of para-hydroxylation sites is 2. The van der Waals surface area contributed by atoms with E-state index < -0.39 is 0 Å². The topological polar surface area (TPSA) is 11.4 Å². The van der Waals surface area contributed by atoms with Crippen LogP contribution in [0.3, 0.4) is 0 Å². The molecule has 0 aliphatic heterocycles. The lowest BCUT2D eigenvalue weighted by atomic mass is 9.83. The molecule has 0 radical (unpaired) electrons. The number of aromatic nitrogens is 1. The molecule has 3 heteroatoms. The smallest absolute Gasteiger partial charge is 0.0561 e. The van der Waals surface area contributed by atoms with Crippen LogP contribution in [0.5, 0.6) is 0 Å². The molecule has 0 saturated heterocycles. The fraction of sp³-hybridized carbons (Fsp3) is 0.0448. The Morgan fingerprint density at radius 1 is 0.343 bits per heavy atom. The second-order valence-corrected chi connectivity index (χ2v) is 18.2. The number of allylic oxidation sites excluding steroid dienone is 3. The highest BCUT2D eigenvalue weighted by Gasteiger charge is 2.24. The van der Waals surface area contributed by atoms with E-state index >= 15 is 0 Å². The third-order valence-electron chi connectivity index (χ3n) is 13.9. The Morgan fingerprint density at radius 3 is 1.24 bits per heavy atom. The summed E-state index contributed by atoms with van der Waals surface area (Å²) in [5.41, 5.74) is 18.7. The molecule has 0 amide bonds. The molecule has 0 N–H and O–H groups in total. The van der Waals surface area contributed by atoms with Crippen LogP contribution < -0.4 is 9.80 Å². The van der Waals surface area contributed by atoms with Crippen LogP contribution in [-0.2, 0) is 0 Å². The molecule has 334 valence electrons. The van der Waals surface area contributed by atoms with E-state index in [4.69, 9.17) is 0 Å². The van der Waals surface area contributed by atoms with Gasteiger partial charge in [-0.15, -0.1) is 0 Å².